The molecule has 1 fully saturated rings. The highest BCUT2D eigenvalue weighted by atomic mass is 19.1. The summed E-state index contributed by atoms with van der Waals surface area (Å²) in [5.41, 5.74) is 5.89. The van der Waals surface area contributed by atoms with Gasteiger partial charge in [-0.2, -0.15) is 5.10 Å². The van der Waals surface area contributed by atoms with Crippen LogP contribution < -0.4 is 10.7 Å². The van der Waals surface area contributed by atoms with Crippen LogP contribution in [-0.2, 0) is 4.79 Å². The van der Waals surface area contributed by atoms with Crippen LogP contribution in [0.5, 0.6) is 0 Å². The maximum absolute atomic E-state index is 13.0. The number of carbonyl (C=O) groups is 1. The van der Waals surface area contributed by atoms with Crippen LogP contribution in [-0.4, -0.2) is 36.9 Å². The van der Waals surface area contributed by atoms with Crippen molar-refractivity contribution < 1.29 is 14.3 Å². The highest BCUT2D eigenvalue weighted by molar-refractivity contribution is 5.82. The summed E-state index contributed by atoms with van der Waals surface area (Å²) in [5, 5.41) is 16.5. The fourth-order valence-corrected chi connectivity index (χ4v) is 3.12. The van der Waals surface area contributed by atoms with E-state index in [0.29, 0.717) is 19.5 Å². The van der Waals surface area contributed by atoms with E-state index in [1.165, 1.54) is 12.1 Å². The van der Waals surface area contributed by atoms with E-state index in [-0.39, 0.29) is 17.7 Å². The molecule has 5 nitrogen and oxygen atoms in total. The summed E-state index contributed by atoms with van der Waals surface area (Å²) in [7, 11) is 0. The molecular formula is C20H22FN3O2. The monoisotopic (exact) mass is 355 g/mol. The first-order valence-electron chi connectivity index (χ1n) is 8.67. The first-order valence-corrected chi connectivity index (χ1v) is 8.67. The molecule has 2 atom stereocenters. The van der Waals surface area contributed by atoms with E-state index >= 15 is 0 Å². The number of aliphatic carboxylic acids is 1. The molecule has 0 aliphatic carbocycles. The lowest BCUT2D eigenvalue weighted by Gasteiger charge is -2.27. The lowest BCUT2D eigenvalue weighted by atomic mass is 9.91. The molecule has 1 aliphatic rings. The van der Waals surface area contributed by atoms with Crippen molar-refractivity contribution in [1.29, 1.82) is 0 Å². The summed E-state index contributed by atoms with van der Waals surface area (Å²) in [4.78, 5) is 11.1. The number of hydrazone groups is 1. The number of rotatable bonds is 6. The number of piperidine rings is 1. The van der Waals surface area contributed by atoms with E-state index in [1.54, 1.807) is 18.3 Å². The van der Waals surface area contributed by atoms with Gasteiger partial charge in [0.2, 0.25) is 0 Å². The minimum atomic E-state index is -0.747. The molecule has 2 aromatic rings. The lowest BCUT2D eigenvalue weighted by molar-refractivity contribution is -0.142. The van der Waals surface area contributed by atoms with Gasteiger partial charge >= 0.3 is 5.97 Å². The third-order valence-electron chi connectivity index (χ3n) is 4.54. The summed E-state index contributed by atoms with van der Waals surface area (Å²) in [6.45, 7) is 1.96. The molecule has 26 heavy (non-hydrogen) atoms. The summed E-state index contributed by atoms with van der Waals surface area (Å²) >= 11 is 0. The van der Waals surface area contributed by atoms with Crippen LogP contribution in [0.2, 0.25) is 0 Å². The Morgan fingerprint density at radius 1 is 1.23 bits per heavy atom. The Balaban J connectivity index is 1.55. The standard InChI is InChI=1S/C20H22FN3O2/c21-19-6-4-16(5-7-19)17-3-1-2-14(8-17)11-23-24-12-15-9-18(20(25)26)13-22-10-15/h1-8,11,15,18,22,24H,9-10,12-13H2,(H,25,26)/b23-11+/t15-,18+/m0/s1. The Kier molecular flexibility index (Phi) is 5.96. The number of benzene rings is 2. The third kappa shape index (κ3) is 4.89. The Labute approximate surface area is 151 Å². The van der Waals surface area contributed by atoms with E-state index in [9.17, 15) is 9.18 Å². The van der Waals surface area contributed by atoms with Gasteiger partial charge in [-0.05, 0) is 53.8 Å². The second kappa shape index (κ2) is 8.58. The number of nitrogens with one attached hydrogen (secondary N) is 2. The number of carboxylic acid groups (broad SMARTS) is 1. The zero-order chi connectivity index (χ0) is 18.4. The normalized spacial score (nSPS) is 20.2. The van der Waals surface area contributed by atoms with Crippen LogP contribution in [0, 0.1) is 17.7 Å². The molecular weight excluding hydrogens is 333 g/mol. The number of carboxylic acids is 1. The second-order valence-corrected chi connectivity index (χ2v) is 6.55. The van der Waals surface area contributed by atoms with Crippen molar-refractivity contribution in [1.82, 2.24) is 10.7 Å². The maximum Gasteiger partial charge on any atom is 0.307 e. The SMILES string of the molecule is O=C(O)[C@H]1CNC[C@@H](CN/N=C/c2cccc(-c3ccc(F)cc3)c2)C1. The second-order valence-electron chi connectivity index (χ2n) is 6.55. The van der Waals surface area contributed by atoms with Gasteiger partial charge in [0, 0.05) is 13.1 Å². The van der Waals surface area contributed by atoms with E-state index in [4.69, 9.17) is 5.11 Å². The zero-order valence-corrected chi connectivity index (χ0v) is 14.4. The van der Waals surface area contributed by atoms with Gasteiger partial charge in [0.1, 0.15) is 5.82 Å². The van der Waals surface area contributed by atoms with Gasteiger partial charge in [-0.25, -0.2) is 4.39 Å². The molecule has 0 unspecified atom stereocenters. The molecule has 1 saturated heterocycles. The van der Waals surface area contributed by atoms with Crippen LogP contribution in [0.4, 0.5) is 4.39 Å². The highest BCUT2D eigenvalue weighted by Gasteiger charge is 2.26. The summed E-state index contributed by atoms with van der Waals surface area (Å²) in [6.07, 6.45) is 2.39. The van der Waals surface area contributed by atoms with Crippen molar-refractivity contribution in [3.8, 4) is 11.1 Å². The van der Waals surface area contributed by atoms with E-state index in [2.05, 4.69) is 15.8 Å². The van der Waals surface area contributed by atoms with E-state index in [0.717, 1.165) is 23.2 Å². The molecule has 3 rings (SSSR count). The molecule has 6 heteroatoms. The first-order chi connectivity index (χ1) is 12.6. The van der Waals surface area contributed by atoms with Crippen molar-refractivity contribution in [2.24, 2.45) is 16.9 Å². The lowest BCUT2D eigenvalue weighted by Crippen LogP contribution is -2.42. The van der Waals surface area contributed by atoms with Crippen molar-refractivity contribution in [3.63, 3.8) is 0 Å². The van der Waals surface area contributed by atoms with Crippen molar-refractivity contribution in [2.45, 2.75) is 6.42 Å². The Bertz CT molecular complexity index is 777. The predicted octanol–water partition coefficient (Wildman–Crippen LogP) is 2.73. The summed E-state index contributed by atoms with van der Waals surface area (Å²) in [5.74, 6) is -1.08. The van der Waals surface area contributed by atoms with Gasteiger partial charge in [-0.1, -0.05) is 30.3 Å². The molecule has 0 amide bonds. The molecule has 1 aliphatic heterocycles. The van der Waals surface area contributed by atoms with Gasteiger partial charge in [0.15, 0.2) is 0 Å². The van der Waals surface area contributed by atoms with Crippen LogP contribution in [0.25, 0.3) is 11.1 Å². The number of hydrogen-bond acceptors (Lipinski definition) is 4. The fourth-order valence-electron chi connectivity index (χ4n) is 3.12. The molecule has 0 radical (unpaired) electrons. The molecule has 0 bridgehead atoms. The van der Waals surface area contributed by atoms with Crippen molar-refractivity contribution >= 4 is 12.2 Å². The number of halogens is 1. The summed E-state index contributed by atoms with van der Waals surface area (Å²) < 4.78 is 13.0. The van der Waals surface area contributed by atoms with Crippen LogP contribution in [0.1, 0.15) is 12.0 Å². The maximum atomic E-state index is 13.0. The first kappa shape index (κ1) is 18.1. The smallest absolute Gasteiger partial charge is 0.307 e. The fraction of sp³-hybridized carbons (Fsp3) is 0.300. The average Bonchev–Trinajstić information content (AvgIpc) is 2.66. The molecule has 2 aromatic carbocycles. The summed E-state index contributed by atoms with van der Waals surface area (Å²) in [6, 6.07) is 14.2. The van der Waals surface area contributed by atoms with Crippen molar-refractivity contribution in [3.05, 3.63) is 59.9 Å². The Hall–Kier alpha value is -2.73. The Morgan fingerprint density at radius 3 is 2.81 bits per heavy atom. The predicted molar refractivity (Wildman–Crippen MR) is 99.5 cm³/mol. The minimum Gasteiger partial charge on any atom is -0.481 e. The van der Waals surface area contributed by atoms with E-state index < -0.39 is 5.97 Å². The van der Waals surface area contributed by atoms with Gasteiger partial charge in [-0.3, -0.25) is 4.79 Å². The molecule has 1 heterocycles. The highest BCUT2D eigenvalue weighted by Crippen LogP contribution is 2.20. The quantitative estimate of drug-likeness (QED) is 0.550. The van der Waals surface area contributed by atoms with Crippen LogP contribution in [0.15, 0.2) is 53.6 Å². The molecule has 0 saturated carbocycles. The van der Waals surface area contributed by atoms with Crippen LogP contribution in [0.3, 0.4) is 0 Å². The van der Waals surface area contributed by atoms with Gasteiger partial charge < -0.3 is 15.8 Å². The zero-order valence-electron chi connectivity index (χ0n) is 14.4. The Morgan fingerprint density at radius 2 is 2.04 bits per heavy atom. The number of hydrogen-bond donors (Lipinski definition) is 3. The van der Waals surface area contributed by atoms with Crippen molar-refractivity contribution in [2.75, 3.05) is 19.6 Å². The average molecular weight is 355 g/mol. The van der Waals surface area contributed by atoms with Gasteiger partial charge in [-0.15, -0.1) is 0 Å². The third-order valence-corrected chi connectivity index (χ3v) is 4.54. The topological polar surface area (TPSA) is 73.7 Å². The molecule has 136 valence electrons. The van der Waals surface area contributed by atoms with Gasteiger partial charge in [0.25, 0.3) is 0 Å². The van der Waals surface area contributed by atoms with Crippen LogP contribution >= 0.6 is 0 Å². The van der Waals surface area contributed by atoms with Gasteiger partial charge in [0.05, 0.1) is 12.1 Å². The largest absolute Gasteiger partial charge is 0.481 e. The molecule has 3 N–H and O–H groups in total. The molecule has 0 spiro atoms. The molecule has 0 aromatic heterocycles. The van der Waals surface area contributed by atoms with E-state index in [1.807, 2.05) is 24.3 Å². The minimum absolute atomic E-state index is 0.243. The number of nitrogens with zero attached hydrogens (tertiary/aromatic N) is 1.